The van der Waals surface area contributed by atoms with Crippen LogP contribution in [0.3, 0.4) is 0 Å². The lowest BCUT2D eigenvalue weighted by Gasteiger charge is -2.22. The van der Waals surface area contributed by atoms with Gasteiger partial charge in [-0.2, -0.15) is 0 Å². The zero-order chi connectivity index (χ0) is 18.9. The van der Waals surface area contributed by atoms with Crippen molar-refractivity contribution in [2.75, 3.05) is 13.7 Å². The van der Waals surface area contributed by atoms with E-state index in [1.165, 1.54) is 19.2 Å². The van der Waals surface area contributed by atoms with Gasteiger partial charge < -0.3 is 14.8 Å². The minimum Gasteiger partial charge on any atom is -0.465 e. The topological polar surface area (TPSA) is 111 Å². The number of amides is 3. The van der Waals surface area contributed by atoms with Crippen molar-refractivity contribution in [3.8, 4) is 0 Å². The molecule has 1 saturated carbocycles. The molecule has 0 heterocycles. The molecule has 3 amide bonds. The van der Waals surface area contributed by atoms with Crippen molar-refractivity contribution in [1.82, 2.24) is 10.6 Å². The van der Waals surface area contributed by atoms with Gasteiger partial charge in [0.1, 0.15) is 0 Å². The first-order valence-corrected chi connectivity index (χ1v) is 8.46. The summed E-state index contributed by atoms with van der Waals surface area (Å²) in [6, 6.07) is 5.40. The molecule has 2 N–H and O–H groups in total. The fourth-order valence-electron chi connectivity index (χ4n) is 2.79. The van der Waals surface area contributed by atoms with Crippen LogP contribution in [0, 0.1) is 0 Å². The molecule has 140 valence electrons. The largest absolute Gasteiger partial charge is 0.465 e. The summed E-state index contributed by atoms with van der Waals surface area (Å²) in [5.41, 5.74) is 0.0225. The maximum Gasteiger partial charge on any atom is 0.339 e. The van der Waals surface area contributed by atoms with Gasteiger partial charge in [0.2, 0.25) is 0 Å². The Kier molecular flexibility index (Phi) is 7.13. The maximum atomic E-state index is 12.1. The van der Waals surface area contributed by atoms with Gasteiger partial charge in [-0.1, -0.05) is 31.4 Å². The highest BCUT2D eigenvalue weighted by Crippen LogP contribution is 2.17. The summed E-state index contributed by atoms with van der Waals surface area (Å²) in [7, 11) is 1.20. The van der Waals surface area contributed by atoms with Crippen LogP contribution in [-0.4, -0.2) is 43.6 Å². The summed E-state index contributed by atoms with van der Waals surface area (Å²) in [4.78, 5) is 47.3. The van der Waals surface area contributed by atoms with Crippen LogP contribution in [0.5, 0.6) is 0 Å². The van der Waals surface area contributed by atoms with Crippen molar-refractivity contribution < 1.29 is 28.7 Å². The second kappa shape index (κ2) is 9.55. The molecule has 1 aliphatic carbocycles. The van der Waals surface area contributed by atoms with Crippen LogP contribution in [0.2, 0.25) is 0 Å². The fraction of sp³-hybridized carbons (Fsp3) is 0.444. The Hall–Kier alpha value is -2.90. The highest BCUT2D eigenvalue weighted by molar-refractivity contribution is 6.04. The van der Waals surface area contributed by atoms with Gasteiger partial charge in [-0.05, 0) is 25.0 Å². The van der Waals surface area contributed by atoms with E-state index in [9.17, 15) is 19.2 Å². The number of hydrogen-bond acceptors (Lipinski definition) is 6. The van der Waals surface area contributed by atoms with E-state index in [2.05, 4.69) is 15.4 Å². The van der Waals surface area contributed by atoms with E-state index in [1.807, 2.05) is 0 Å². The van der Waals surface area contributed by atoms with Gasteiger partial charge in [-0.15, -0.1) is 0 Å². The van der Waals surface area contributed by atoms with E-state index in [0.29, 0.717) is 0 Å². The molecule has 1 aliphatic rings. The van der Waals surface area contributed by atoms with Crippen LogP contribution in [0.25, 0.3) is 0 Å². The molecule has 0 aliphatic heterocycles. The Bertz CT molecular complexity index is 682. The number of benzene rings is 1. The van der Waals surface area contributed by atoms with Crippen LogP contribution < -0.4 is 10.6 Å². The van der Waals surface area contributed by atoms with Gasteiger partial charge in [0.25, 0.3) is 5.91 Å². The van der Waals surface area contributed by atoms with E-state index in [0.717, 1.165) is 32.1 Å². The third-order valence-electron chi connectivity index (χ3n) is 4.08. The predicted octanol–water partition coefficient (Wildman–Crippen LogP) is 1.79. The molecule has 0 atom stereocenters. The number of rotatable bonds is 5. The zero-order valence-electron chi connectivity index (χ0n) is 14.6. The van der Waals surface area contributed by atoms with Crippen molar-refractivity contribution in [2.24, 2.45) is 0 Å². The molecule has 2 rings (SSSR count). The number of carbonyl (C=O) groups is 4. The van der Waals surface area contributed by atoms with Gasteiger partial charge >= 0.3 is 18.0 Å². The number of urea groups is 1. The Balaban J connectivity index is 1.82. The molecule has 8 heteroatoms. The first-order chi connectivity index (χ1) is 12.5. The standard InChI is InChI=1S/C18H22N2O6/c1-25-16(22)13-9-5-6-10-14(13)17(23)26-11-15(21)20-18(24)19-12-7-3-2-4-8-12/h5-6,9-10,12H,2-4,7-8,11H2,1H3,(H2,19,20,21,24). The minimum absolute atomic E-state index is 0.0150. The Labute approximate surface area is 151 Å². The van der Waals surface area contributed by atoms with Gasteiger partial charge in [0, 0.05) is 6.04 Å². The molecule has 0 saturated heterocycles. The average molecular weight is 362 g/mol. The summed E-state index contributed by atoms with van der Waals surface area (Å²) < 4.78 is 9.48. The third-order valence-corrected chi connectivity index (χ3v) is 4.08. The number of hydrogen-bond donors (Lipinski definition) is 2. The summed E-state index contributed by atoms with van der Waals surface area (Å²) in [5.74, 6) is -2.29. The fourth-order valence-corrected chi connectivity index (χ4v) is 2.79. The van der Waals surface area contributed by atoms with Crippen molar-refractivity contribution in [3.05, 3.63) is 35.4 Å². The van der Waals surface area contributed by atoms with E-state index in [1.54, 1.807) is 12.1 Å². The molecular formula is C18H22N2O6. The summed E-state index contributed by atoms with van der Waals surface area (Å²) in [6.07, 6.45) is 5.04. The molecule has 0 bridgehead atoms. The Morgan fingerprint density at radius 3 is 2.23 bits per heavy atom. The monoisotopic (exact) mass is 362 g/mol. The van der Waals surface area contributed by atoms with Crippen LogP contribution in [0.15, 0.2) is 24.3 Å². The molecule has 1 aromatic carbocycles. The molecule has 26 heavy (non-hydrogen) atoms. The lowest BCUT2D eigenvalue weighted by Crippen LogP contribution is -2.46. The van der Waals surface area contributed by atoms with E-state index in [4.69, 9.17) is 4.74 Å². The second-order valence-electron chi connectivity index (χ2n) is 5.97. The first-order valence-electron chi connectivity index (χ1n) is 8.46. The quantitative estimate of drug-likeness (QED) is 0.773. The van der Waals surface area contributed by atoms with Crippen LogP contribution >= 0.6 is 0 Å². The van der Waals surface area contributed by atoms with Crippen molar-refractivity contribution in [3.63, 3.8) is 0 Å². The van der Waals surface area contributed by atoms with Crippen molar-refractivity contribution in [2.45, 2.75) is 38.1 Å². The van der Waals surface area contributed by atoms with E-state index >= 15 is 0 Å². The summed E-state index contributed by atoms with van der Waals surface area (Å²) in [6.45, 7) is -0.633. The number of imide groups is 1. The van der Waals surface area contributed by atoms with Gasteiger partial charge in [0.05, 0.1) is 18.2 Å². The molecule has 8 nitrogen and oxygen atoms in total. The average Bonchev–Trinajstić information content (AvgIpc) is 2.66. The smallest absolute Gasteiger partial charge is 0.339 e. The van der Waals surface area contributed by atoms with Crippen LogP contribution in [0.1, 0.15) is 52.8 Å². The van der Waals surface area contributed by atoms with Gasteiger partial charge in [-0.3, -0.25) is 10.1 Å². The maximum absolute atomic E-state index is 12.1. The molecule has 0 aromatic heterocycles. The highest BCUT2D eigenvalue weighted by Gasteiger charge is 2.20. The van der Waals surface area contributed by atoms with Gasteiger partial charge in [-0.25, -0.2) is 14.4 Å². The zero-order valence-corrected chi connectivity index (χ0v) is 14.6. The lowest BCUT2D eigenvalue weighted by molar-refractivity contribution is -0.123. The van der Waals surface area contributed by atoms with Crippen LogP contribution in [-0.2, 0) is 14.3 Å². The minimum atomic E-state index is -0.853. The van der Waals surface area contributed by atoms with Crippen molar-refractivity contribution >= 4 is 23.9 Å². The number of methoxy groups -OCH3 is 1. The number of ether oxygens (including phenoxy) is 2. The third kappa shape index (κ3) is 5.58. The Morgan fingerprint density at radius 1 is 1.00 bits per heavy atom. The molecule has 0 unspecified atom stereocenters. The van der Waals surface area contributed by atoms with Crippen LogP contribution in [0.4, 0.5) is 4.79 Å². The highest BCUT2D eigenvalue weighted by atomic mass is 16.5. The Morgan fingerprint density at radius 2 is 1.62 bits per heavy atom. The molecule has 0 spiro atoms. The molecule has 0 radical (unpaired) electrons. The summed E-state index contributed by atoms with van der Waals surface area (Å²) in [5, 5.41) is 4.85. The van der Waals surface area contributed by atoms with E-state index < -0.39 is 30.5 Å². The van der Waals surface area contributed by atoms with Gasteiger partial charge in [0.15, 0.2) is 6.61 Å². The number of carbonyl (C=O) groups excluding carboxylic acids is 4. The molecular weight excluding hydrogens is 340 g/mol. The number of esters is 2. The summed E-state index contributed by atoms with van der Waals surface area (Å²) >= 11 is 0. The SMILES string of the molecule is COC(=O)c1ccccc1C(=O)OCC(=O)NC(=O)NC1CCCCC1. The van der Waals surface area contributed by atoms with Crippen molar-refractivity contribution in [1.29, 1.82) is 0 Å². The van der Waals surface area contributed by atoms with E-state index in [-0.39, 0.29) is 17.2 Å². The predicted molar refractivity (Wildman–Crippen MR) is 91.6 cm³/mol. The number of nitrogens with one attached hydrogen (secondary N) is 2. The second-order valence-corrected chi connectivity index (χ2v) is 5.97. The molecule has 1 fully saturated rings. The normalized spacial score (nSPS) is 14.2. The first kappa shape index (κ1) is 19.4. The molecule has 1 aromatic rings. The lowest BCUT2D eigenvalue weighted by atomic mass is 9.96.